The number of para-hydroxylation sites is 2. The Labute approximate surface area is 293 Å². The zero-order valence-electron chi connectivity index (χ0n) is 28.6. The molecule has 7 rings (SSSR count). The number of carbonyl (C=O) groups is 1. The Morgan fingerprint density at radius 1 is 0.920 bits per heavy atom. The van der Waals surface area contributed by atoms with Crippen molar-refractivity contribution in [1.82, 2.24) is 20.2 Å². The number of likely N-dealkylation sites (tertiary alicyclic amines) is 1. The Balaban J connectivity index is 1.09. The topological polar surface area (TPSA) is 106 Å². The van der Waals surface area contributed by atoms with Crippen LogP contribution in [0.4, 0.5) is 0 Å². The lowest BCUT2D eigenvalue weighted by molar-refractivity contribution is -0.276. The van der Waals surface area contributed by atoms with Crippen LogP contribution in [0.3, 0.4) is 0 Å². The molecular weight excluding hydrogens is 628 g/mol. The molecular formula is C41H44N4O5. The number of rotatable bonds is 11. The number of amides is 1. The van der Waals surface area contributed by atoms with Gasteiger partial charge in [0.15, 0.2) is 6.29 Å². The highest BCUT2D eigenvalue weighted by Gasteiger charge is 2.40. The summed E-state index contributed by atoms with van der Waals surface area (Å²) < 4.78 is 19.1. The van der Waals surface area contributed by atoms with E-state index in [1.165, 1.54) is 6.20 Å². The molecule has 5 aromatic rings. The maximum absolute atomic E-state index is 12.9. The Hall–Kier alpha value is -4.51. The van der Waals surface area contributed by atoms with Gasteiger partial charge in [0.25, 0.3) is 5.91 Å². The summed E-state index contributed by atoms with van der Waals surface area (Å²) in [6, 6.07) is 32.4. The quantitative estimate of drug-likeness (QED) is 0.161. The summed E-state index contributed by atoms with van der Waals surface area (Å²) in [7, 11) is 1.77. The number of nitrogens with one attached hydrogen (secondary N) is 1. The van der Waals surface area contributed by atoms with Crippen LogP contribution in [0.1, 0.15) is 64.9 Å². The van der Waals surface area contributed by atoms with E-state index in [2.05, 4.69) is 69.6 Å². The van der Waals surface area contributed by atoms with Crippen molar-refractivity contribution in [1.29, 1.82) is 0 Å². The van der Waals surface area contributed by atoms with Gasteiger partial charge >= 0.3 is 0 Å². The predicted octanol–water partition coefficient (Wildman–Crippen LogP) is 6.62. The molecule has 2 aliphatic rings. The van der Waals surface area contributed by atoms with Crippen molar-refractivity contribution in [2.75, 3.05) is 26.8 Å². The number of benzene rings is 4. The molecule has 0 spiro atoms. The molecule has 9 nitrogen and oxygen atoms in total. The molecule has 4 aromatic carbocycles. The molecule has 0 bridgehead atoms. The van der Waals surface area contributed by atoms with Crippen molar-refractivity contribution in [2.45, 2.75) is 57.5 Å². The number of ether oxygens (including phenoxy) is 3. The summed E-state index contributed by atoms with van der Waals surface area (Å²) in [6.07, 6.45) is 2.99. The molecule has 2 aliphatic heterocycles. The van der Waals surface area contributed by atoms with Crippen LogP contribution in [0.25, 0.3) is 22.2 Å². The number of nitrogens with zero attached hydrogens (tertiary/aromatic N) is 3. The molecule has 5 atom stereocenters. The minimum absolute atomic E-state index is 0.00503. The maximum atomic E-state index is 12.9. The standard InChI is InChI=1S/C41H44N4O5/c1-27-38(24-45-19-7-12-34(45)26-48-2)49-41(50-39(27)30-17-15-28(25-46)16-18-30)33-11-6-10-32(21-33)31-9-5-8-29(20-31)22-43-40(47)37-23-42-35-13-3-4-14-36(35)44-37/h3-6,8-11,13-18,20-21,23,27,34,38-39,41,46H,7,12,19,22,24-26H2,1-2H3,(H,43,47). The predicted molar refractivity (Wildman–Crippen MR) is 192 cm³/mol. The van der Waals surface area contributed by atoms with Gasteiger partial charge < -0.3 is 24.6 Å². The van der Waals surface area contributed by atoms with Crippen molar-refractivity contribution in [3.05, 3.63) is 131 Å². The van der Waals surface area contributed by atoms with Crippen LogP contribution in [-0.4, -0.2) is 64.8 Å². The number of methoxy groups -OCH3 is 1. The lowest BCUT2D eigenvalue weighted by atomic mass is 9.89. The first-order valence-corrected chi connectivity index (χ1v) is 17.4. The van der Waals surface area contributed by atoms with Gasteiger partial charge in [0.2, 0.25) is 0 Å². The van der Waals surface area contributed by atoms with Crippen molar-refractivity contribution >= 4 is 16.9 Å². The van der Waals surface area contributed by atoms with E-state index in [0.717, 1.165) is 71.4 Å². The van der Waals surface area contributed by atoms with Crippen LogP contribution in [0, 0.1) is 5.92 Å². The molecule has 1 aromatic heterocycles. The molecule has 2 fully saturated rings. The monoisotopic (exact) mass is 672 g/mol. The Bertz CT molecular complexity index is 1920. The Morgan fingerprint density at radius 3 is 2.50 bits per heavy atom. The van der Waals surface area contributed by atoms with E-state index in [9.17, 15) is 9.90 Å². The molecule has 9 heteroatoms. The molecule has 0 radical (unpaired) electrons. The van der Waals surface area contributed by atoms with E-state index >= 15 is 0 Å². The smallest absolute Gasteiger partial charge is 0.271 e. The van der Waals surface area contributed by atoms with Crippen LogP contribution < -0.4 is 5.32 Å². The highest BCUT2D eigenvalue weighted by atomic mass is 16.7. The fraction of sp³-hybridized carbons (Fsp3) is 0.341. The third-order valence-electron chi connectivity index (χ3n) is 9.95. The van der Waals surface area contributed by atoms with Gasteiger partial charge in [0.1, 0.15) is 5.69 Å². The normalized spacial score (nSPS) is 22.5. The second kappa shape index (κ2) is 15.6. The first kappa shape index (κ1) is 34.0. The molecule has 0 saturated carbocycles. The number of aliphatic hydroxyl groups excluding tert-OH is 1. The highest BCUT2D eigenvalue weighted by Crippen LogP contribution is 2.43. The molecule has 3 heterocycles. The van der Waals surface area contributed by atoms with Crippen molar-refractivity contribution in [3.63, 3.8) is 0 Å². The zero-order valence-corrected chi connectivity index (χ0v) is 28.6. The fourth-order valence-corrected chi connectivity index (χ4v) is 7.14. The average molecular weight is 673 g/mol. The minimum Gasteiger partial charge on any atom is -0.392 e. The van der Waals surface area contributed by atoms with E-state index in [-0.39, 0.29) is 36.3 Å². The molecule has 5 unspecified atom stereocenters. The fourth-order valence-electron chi connectivity index (χ4n) is 7.14. The molecule has 50 heavy (non-hydrogen) atoms. The summed E-state index contributed by atoms with van der Waals surface area (Å²) in [5, 5.41) is 12.6. The van der Waals surface area contributed by atoms with Crippen LogP contribution in [0.15, 0.2) is 103 Å². The third-order valence-corrected chi connectivity index (χ3v) is 9.95. The molecule has 1 amide bonds. The largest absolute Gasteiger partial charge is 0.392 e. The summed E-state index contributed by atoms with van der Waals surface area (Å²) in [5.41, 5.74) is 7.64. The van der Waals surface area contributed by atoms with Gasteiger partial charge in [-0.2, -0.15) is 0 Å². The van der Waals surface area contributed by atoms with Crippen LogP contribution in [0.2, 0.25) is 0 Å². The van der Waals surface area contributed by atoms with E-state index in [4.69, 9.17) is 14.2 Å². The van der Waals surface area contributed by atoms with Gasteiger partial charge in [-0.15, -0.1) is 0 Å². The van der Waals surface area contributed by atoms with E-state index < -0.39 is 6.29 Å². The van der Waals surface area contributed by atoms with Gasteiger partial charge in [-0.25, -0.2) is 4.98 Å². The van der Waals surface area contributed by atoms with Crippen molar-refractivity contribution < 1.29 is 24.1 Å². The van der Waals surface area contributed by atoms with Gasteiger partial charge in [-0.1, -0.05) is 79.7 Å². The Morgan fingerprint density at radius 2 is 1.70 bits per heavy atom. The minimum atomic E-state index is -0.562. The van der Waals surface area contributed by atoms with Gasteiger partial charge in [0, 0.05) is 37.7 Å². The van der Waals surface area contributed by atoms with Gasteiger partial charge in [-0.3, -0.25) is 14.7 Å². The lowest BCUT2D eigenvalue weighted by Gasteiger charge is -2.43. The second-order valence-corrected chi connectivity index (χ2v) is 13.3. The van der Waals surface area contributed by atoms with Crippen LogP contribution in [0.5, 0.6) is 0 Å². The number of aliphatic hydroxyl groups is 1. The van der Waals surface area contributed by atoms with E-state index in [0.29, 0.717) is 18.1 Å². The summed E-state index contributed by atoms with van der Waals surface area (Å²) in [5.74, 6) is -0.167. The van der Waals surface area contributed by atoms with Crippen LogP contribution >= 0.6 is 0 Å². The van der Waals surface area contributed by atoms with Gasteiger partial charge in [-0.05, 0) is 71.5 Å². The van der Waals surface area contributed by atoms with E-state index in [1.54, 1.807) is 7.11 Å². The number of carbonyl (C=O) groups excluding carboxylic acids is 1. The summed E-state index contributed by atoms with van der Waals surface area (Å²) in [6.45, 7) is 5.12. The summed E-state index contributed by atoms with van der Waals surface area (Å²) >= 11 is 0. The molecule has 258 valence electrons. The summed E-state index contributed by atoms with van der Waals surface area (Å²) in [4.78, 5) is 24.3. The second-order valence-electron chi connectivity index (χ2n) is 13.3. The highest BCUT2D eigenvalue weighted by molar-refractivity contribution is 5.93. The van der Waals surface area contributed by atoms with Gasteiger partial charge in [0.05, 0.1) is 42.7 Å². The molecule has 2 N–H and O–H groups in total. The van der Waals surface area contributed by atoms with Crippen molar-refractivity contribution in [2.24, 2.45) is 5.92 Å². The lowest BCUT2D eigenvalue weighted by Crippen LogP contribution is -2.46. The SMILES string of the molecule is COCC1CCCN1CC1OC(c2cccc(-c3cccc(CNC(=O)c4cnc5ccccc5n4)c3)c2)OC(c2ccc(CO)cc2)C1C. The van der Waals surface area contributed by atoms with Crippen molar-refractivity contribution in [3.8, 4) is 11.1 Å². The zero-order chi connectivity index (χ0) is 34.5. The number of aromatic nitrogens is 2. The number of hydrogen-bond donors (Lipinski definition) is 2. The first-order valence-electron chi connectivity index (χ1n) is 17.4. The molecule has 2 saturated heterocycles. The number of fused-ring (bicyclic) bond motifs is 1. The van der Waals surface area contributed by atoms with E-state index in [1.807, 2.05) is 54.6 Å². The third kappa shape index (κ3) is 7.62. The Kier molecular flexibility index (Phi) is 10.6. The first-order chi connectivity index (χ1) is 24.5. The number of hydrogen-bond acceptors (Lipinski definition) is 8. The average Bonchev–Trinajstić information content (AvgIpc) is 3.61. The molecule has 0 aliphatic carbocycles. The maximum Gasteiger partial charge on any atom is 0.271 e. The van der Waals surface area contributed by atoms with Crippen LogP contribution in [-0.2, 0) is 27.4 Å².